The predicted octanol–water partition coefficient (Wildman–Crippen LogP) is 4.18. The SMILES string of the molecule is Cc1ccc(C(=O)Nc2cc(Cl)ccc2F)c(F)c1. The molecule has 0 bridgehead atoms. The molecule has 0 aliphatic heterocycles. The van der Waals surface area contributed by atoms with Gasteiger partial charge < -0.3 is 5.32 Å². The van der Waals surface area contributed by atoms with Crippen molar-refractivity contribution in [1.82, 2.24) is 0 Å². The van der Waals surface area contributed by atoms with Crippen molar-refractivity contribution in [2.24, 2.45) is 0 Å². The summed E-state index contributed by atoms with van der Waals surface area (Å²) in [6.45, 7) is 1.71. The summed E-state index contributed by atoms with van der Waals surface area (Å²) >= 11 is 5.71. The Hall–Kier alpha value is -1.94. The Bertz CT molecular complexity index is 643. The molecule has 2 rings (SSSR count). The van der Waals surface area contributed by atoms with Gasteiger partial charge in [0.2, 0.25) is 0 Å². The Labute approximate surface area is 114 Å². The molecule has 5 heteroatoms. The molecule has 0 aliphatic carbocycles. The van der Waals surface area contributed by atoms with Crippen LogP contribution in [0.1, 0.15) is 15.9 Å². The topological polar surface area (TPSA) is 29.1 Å². The summed E-state index contributed by atoms with van der Waals surface area (Å²) in [5.74, 6) is -2.01. The van der Waals surface area contributed by atoms with E-state index in [0.29, 0.717) is 5.56 Å². The fourth-order valence-corrected chi connectivity index (χ4v) is 1.76. The predicted molar refractivity (Wildman–Crippen MR) is 70.5 cm³/mol. The van der Waals surface area contributed by atoms with E-state index in [4.69, 9.17) is 11.6 Å². The van der Waals surface area contributed by atoms with Crippen molar-refractivity contribution >= 4 is 23.2 Å². The number of aryl methyl sites for hydroxylation is 1. The lowest BCUT2D eigenvalue weighted by Gasteiger charge is -2.08. The molecule has 0 fully saturated rings. The number of carbonyl (C=O) groups excluding carboxylic acids is 1. The van der Waals surface area contributed by atoms with Crippen LogP contribution in [0.4, 0.5) is 14.5 Å². The van der Waals surface area contributed by atoms with Gasteiger partial charge in [0.15, 0.2) is 0 Å². The fraction of sp³-hybridized carbons (Fsp3) is 0.0714. The number of anilines is 1. The van der Waals surface area contributed by atoms with Crippen molar-refractivity contribution in [2.75, 3.05) is 5.32 Å². The number of benzene rings is 2. The molecule has 0 heterocycles. The summed E-state index contributed by atoms with van der Waals surface area (Å²) < 4.78 is 27.0. The first-order valence-corrected chi connectivity index (χ1v) is 5.88. The number of nitrogens with one attached hydrogen (secondary N) is 1. The van der Waals surface area contributed by atoms with E-state index in [1.807, 2.05) is 0 Å². The van der Waals surface area contributed by atoms with Crippen molar-refractivity contribution in [3.8, 4) is 0 Å². The van der Waals surface area contributed by atoms with Crippen LogP contribution in [-0.4, -0.2) is 5.91 Å². The molecule has 0 atom stereocenters. The third kappa shape index (κ3) is 3.09. The molecule has 2 aromatic rings. The first kappa shape index (κ1) is 13.5. The highest BCUT2D eigenvalue weighted by Crippen LogP contribution is 2.21. The second-order valence-corrected chi connectivity index (χ2v) is 4.50. The minimum absolute atomic E-state index is 0.0857. The lowest BCUT2D eigenvalue weighted by atomic mass is 10.1. The molecule has 1 N–H and O–H groups in total. The Balaban J connectivity index is 2.28. The third-order valence-electron chi connectivity index (χ3n) is 2.55. The first-order valence-electron chi connectivity index (χ1n) is 5.50. The maximum atomic E-state index is 13.6. The van der Waals surface area contributed by atoms with Gasteiger partial charge in [-0.15, -0.1) is 0 Å². The zero-order chi connectivity index (χ0) is 14.0. The van der Waals surface area contributed by atoms with Crippen molar-refractivity contribution in [1.29, 1.82) is 0 Å². The monoisotopic (exact) mass is 281 g/mol. The van der Waals surface area contributed by atoms with Gasteiger partial charge in [-0.1, -0.05) is 17.7 Å². The van der Waals surface area contributed by atoms with Crippen molar-refractivity contribution < 1.29 is 13.6 Å². The maximum Gasteiger partial charge on any atom is 0.258 e. The first-order chi connectivity index (χ1) is 8.97. The summed E-state index contributed by atoms with van der Waals surface area (Å²) in [5.41, 5.74) is 0.463. The molecule has 2 nitrogen and oxygen atoms in total. The molecular formula is C14H10ClF2NO. The summed E-state index contributed by atoms with van der Waals surface area (Å²) in [4.78, 5) is 11.8. The fourth-order valence-electron chi connectivity index (χ4n) is 1.59. The van der Waals surface area contributed by atoms with Gasteiger partial charge in [0.1, 0.15) is 11.6 Å². The number of hydrogen-bond donors (Lipinski definition) is 1. The van der Waals surface area contributed by atoms with E-state index >= 15 is 0 Å². The van der Waals surface area contributed by atoms with Gasteiger partial charge in [-0.3, -0.25) is 4.79 Å². The van der Waals surface area contributed by atoms with Crippen LogP contribution in [0.25, 0.3) is 0 Å². The van der Waals surface area contributed by atoms with E-state index in [1.54, 1.807) is 13.0 Å². The second kappa shape index (κ2) is 5.36. The van der Waals surface area contributed by atoms with Gasteiger partial charge in [0.05, 0.1) is 11.3 Å². The summed E-state index contributed by atoms with van der Waals surface area (Å²) in [6, 6.07) is 7.95. The van der Waals surface area contributed by atoms with Gasteiger partial charge in [0, 0.05) is 5.02 Å². The van der Waals surface area contributed by atoms with E-state index in [9.17, 15) is 13.6 Å². The molecule has 0 spiro atoms. The quantitative estimate of drug-likeness (QED) is 0.879. The number of amides is 1. The van der Waals surface area contributed by atoms with Crippen LogP contribution in [-0.2, 0) is 0 Å². The molecule has 0 unspecified atom stereocenters. The molecule has 19 heavy (non-hydrogen) atoms. The van der Waals surface area contributed by atoms with Gasteiger partial charge in [-0.2, -0.15) is 0 Å². The van der Waals surface area contributed by atoms with Gasteiger partial charge in [0.25, 0.3) is 5.91 Å². The highest BCUT2D eigenvalue weighted by Gasteiger charge is 2.14. The van der Waals surface area contributed by atoms with Crippen molar-refractivity contribution in [3.05, 3.63) is 64.2 Å². The van der Waals surface area contributed by atoms with Crippen LogP contribution >= 0.6 is 11.6 Å². The van der Waals surface area contributed by atoms with Crippen LogP contribution < -0.4 is 5.32 Å². The van der Waals surface area contributed by atoms with Crippen molar-refractivity contribution in [3.63, 3.8) is 0 Å². The average molecular weight is 282 g/mol. The maximum absolute atomic E-state index is 13.6. The molecule has 0 aromatic heterocycles. The average Bonchev–Trinajstić information content (AvgIpc) is 2.33. The second-order valence-electron chi connectivity index (χ2n) is 4.06. The molecule has 0 aliphatic rings. The molecule has 0 saturated carbocycles. The summed E-state index contributed by atoms with van der Waals surface area (Å²) in [7, 11) is 0. The van der Waals surface area contributed by atoms with Crippen LogP contribution in [0, 0.1) is 18.6 Å². The van der Waals surface area contributed by atoms with Crippen LogP contribution in [0.2, 0.25) is 5.02 Å². The number of carbonyl (C=O) groups is 1. The van der Waals surface area contributed by atoms with Crippen LogP contribution in [0.3, 0.4) is 0 Å². The molecule has 0 radical (unpaired) electrons. The lowest BCUT2D eigenvalue weighted by molar-refractivity contribution is 0.102. The Morgan fingerprint density at radius 3 is 2.53 bits per heavy atom. The summed E-state index contributed by atoms with van der Waals surface area (Å²) in [6.07, 6.45) is 0. The molecule has 0 saturated heterocycles. The Morgan fingerprint density at radius 1 is 1.11 bits per heavy atom. The summed E-state index contributed by atoms with van der Waals surface area (Å²) in [5, 5.41) is 2.57. The van der Waals surface area contributed by atoms with Crippen molar-refractivity contribution in [2.45, 2.75) is 6.92 Å². The van der Waals surface area contributed by atoms with Gasteiger partial charge in [-0.05, 0) is 42.8 Å². The smallest absolute Gasteiger partial charge is 0.258 e. The lowest BCUT2D eigenvalue weighted by Crippen LogP contribution is -2.14. The number of rotatable bonds is 2. The molecule has 1 amide bonds. The molecular weight excluding hydrogens is 272 g/mol. The van der Waals surface area contributed by atoms with E-state index in [0.717, 1.165) is 6.07 Å². The highest BCUT2D eigenvalue weighted by atomic mass is 35.5. The van der Waals surface area contributed by atoms with Gasteiger partial charge >= 0.3 is 0 Å². The van der Waals surface area contributed by atoms with E-state index < -0.39 is 17.5 Å². The highest BCUT2D eigenvalue weighted by molar-refractivity contribution is 6.31. The standard InChI is InChI=1S/C14H10ClF2NO/c1-8-2-4-10(12(17)6-8)14(19)18-13-7-9(15)3-5-11(13)16/h2-7H,1H3,(H,18,19). The van der Waals surface area contributed by atoms with Gasteiger partial charge in [-0.25, -0.2) is 8.78 Å². The van der Waals surface area contributed by atoms with Crippen LogP contribution in [0.5, 0.6) is 0 Å². The molecule has 2 aromatic carbocycles. The number of hydrogen-bond acceptors (Lipinski definition) is 1. The van der Waals surface area contributed by atoms with E-state index in [-0.39, 0.29) is 16.3 Å². The third-order valence-corrected chi connectivity index (χ3v) is 2.78. The number of halogens is 3. The Kier molecular flexibility index (Phi) is 3.81. The van der Waals surface area contributed by atoms with Crippen LogP contribution in [0.15, 0.2) is 36.4 Å². The normalized spacial score (nSPS) is 10.3. The zero-order valence-electron chi connectivity index (χ0n) is 10.0. The largest absolute Gasteiger partial charge is 0.319 e. The zero-order valence-corrected chi connectivity index (χ0v) is 10.8. The minimum Gasteiger partial charge on any atom is -0.319 e. The molecule has 98 valence electrons. The van der Waals surface area contributed by atoms with E-state index in [2.05, 4.69) is 5.32 Å². The minimum atomic E-state index is -0.723. The Morgan fingerprint density at radius 2 is 1.84 bits per heavy atom. The van der Waals surface area contributed by atoms with E-state index in [1.165, 1.54) is 24.3 Å².